The Kier molecular flexibility index (Phi) is 4.13. The van der Waals surface area contributed by atoms with Gasteiger partial charge in [-0.05, 0) is 60.2 Å². The molecule has 0 radical (unpaired) electrons. The minimum atomic E-state index is 0.755. The van der Waals surface area contributed by atoms with E-state index in [0.717, 1.165) is 67.2 Å². The first-order valence-electron chi connectivity index (χ1n) is 12.1. The first-order valence-corrected chi connectivity index (χ1v) is 12.1. The SMILES string of the molecule is c1ccc(-n2c3cc(-c4ccc(-c5ccccn5)nc4)ccc3n3c4oc5ccccc5c4nc23)cc1. The van der Waals surface area contributed by atoms with Crippen molar-refractivity contribution in [2.24, 2.45) is 0 Å². The van der Waals surface area contributed by atoms with Crippen molar-refractivity contribution in [2.45, 2.75) is 0 Å². The summed E-state index contributed by atoms with van der Waals surface area (Å²) >= 11 is 0. The topological polar surface area (TPSA) is 61.2 Å². The molecule has 0 atom stereocenters. The zero-order chi connectivity index (χ0) is 24.3. The van der Waals surface area contributed by atoms with Crippen LogP contribution in [-0.4, -0.2) is 23.9 Å². The maximum atomic E-state index is 6.30. The van der Waals surface area contributed by atoms with Crippen LogP contribution in [0.2, 0.25) is 0 Å². The number of nitrogens with zero attached hydrogens (tertiary/aromatic N) is 5. The molecule has 0 aliphatic carbocycles. The van der Waals surface area contributed by atoms with E-state index in [4.69, 9.17) is 9.40 Å². The minimum absolute atomic E-state index is 0.755. The molecule has 0 bridgehead atoms. The van der Waals surface area contributed by atoms with Crippen molar-refractivity contribution in [3.63, 3.8) is 0 Å². The quantitative estimate of drug-likeness (QED) is 0.268. The summed E-state index contributed by atoms with van der Waals surface area (Å²) in [6.45, 7) is 0. The largest absolute Gasteiger partial charge is 0.437 e. The smallest absolute Gasteiger partial charge is 0.234 e. The molecular formula is C31H19N5O. The number of furan rings is 1. The van der Waals surface area contributed by atoms with Crippen LogP contribution < -0.4 is 0 Å². The molecule has 0 saturated carbocycles. The minimum Gasteiger partial charge on any atom is -0.437 e. The molecule has 0 unspecified atom stereocenters. The molecule has 8 aromatic rings. The van der Waals surface area contributed by atoms with Gasteiger partial charge in [0, 0.05) is 29.0 Å². The van der Waals surface area contributed by atoms with Crippen LogP contribution >= 0.6 is 0 Å². The van der Waals surface area contributed by atoms with E-state index in [0.29, 0.717) is 0 Å². The van der Waals surface area contributed by atoms with Gasteiger partial charge in [-0.15, -0.1) is 0 Å². The fourth-order valence-electron chi connectivity index (χ4n) is 5.13. The van der Waals surface area contributed by atoms with E-state index in [9.17, 15) is 0 Å². The van der Waals surface area contributed by atoms with E-state index in [-0.39, 0.29) is 0 Å². The lowest BCUT2D eigenvalue weighted by Gasteiger charge is -2.07. The lowest BCUT2D eigenvalue weighted by molar-refractivity contribution is 0.651. The molecule has 37 heavy (non-hydrogen) atoms. The van der Waals surface area contributed by atoms with Crippen LogP contribution in [0.1, 0.15) is 0 Å². The standard InChI is InChI=1S/C31H19N5O/c1-2-8-22(9-3-1)35-27-18-20(21-13-15-25(33-19-21)24-11-6-7-17-32-24)14-16-26(27)36-30-29(34-31(35)36)23-10-4-5-12-28(23)37-30/h1-19H. The first kappa shape index (κ1) is 20.0. The maximum absolute atomic E-state index is 6.30. The Labute approximate surface area is 211 Å². The van der Waals surface area contributed by atoms with Crippen LogP contribution in [0, 0.1) is 0 Å². The Bertz CT molecular complexity index is 2070. The van der Waals surface area contributed by atoms with Crippen LogP contribution in [-0.2, 0) is 0 Å². The van der Waals surface area contributed by atoms with Crippen molar-refractivity contribution in [3.8, 4) is 28.2 Å². The van der Waals surface area contributed by atoms with Crippen LogP contribution in [0.3, 0.4) is 0 Å². The molecule has 0 spiro atoms. The van der Waals surface area contributed by atoms with Crippen LogP contribution in [0.4, 0.5) is 0 Å². The molecule has 0 aliphatic rings. The van der Waals surface area contributed by atoms with E-state index in [2.05, 4.69) is 61.4 Å². The number of pyridine rings is 2. The van der Waals surface area contributed by atoms with Crippen molar-refractivity contribution >= 4 is 39.0 Å². The van der Waals surface area contributed by atoms with Gasteiger partial charge in [-0.1, -0.05) is 48.5 Å². The second kappa shape index (κ2) is 7.63. The van der Waals surface area contributed by atoms with E-state index in [1.165, 1.54) is 0 Å². The van der Waals surface area contributed by atoms with Crippen LogP contribution in [0.15, 0.2) is 120 Å². The molecule has 3 aromatic carbocycles. The Morgan fingerprint density at radius 3 is 2.30 bits per heavy atom. The molecule has 6 heteroatoms. The Balaban J connectivity index is 1.37. The number of fused-ring (bicyclic) bond motifs is 7. The molecule has 0 amide bonds. The summed E-state index contributed by atoms with van der Waals surface area (Å²) in [5, 5.41) is 1.02. The number of hydrogen-bond acceptors (Lipinski definition) is 4. The summed E-state index contributed by atoms with van der Waals surface area (Å²) in [6, 6.07) is 34.8. The van der Waals surface area contributed by atoms with Crippen molar-refractivity contribution in [1.82, 2.24) is 23.9 Å². The maximum Gasteiger partial charge on any atom is 0.234 e. The highest BCUT2D eigenvalue weighted by atomic mass is 16.3. The van der Waals surface area contributed by atoms with Crippen molar-refractivity contribution in [1.29, 1.82) is 0 Å². The van der Waals surface area contributed by atoms with E-state index in [1.807, 2.05) is 66.9 Å². The molecule has 0 fully saturated rings. The van der Waals surface area contributed by atoms with Crippen LogP contribution in [0.5, 0.6) is 0 Å². The number of imidazole rings is 2. The van der Waals surface area contributed by atoms with Gasteiger partial charge < -0.3 is 4.42 Å². The molecule has 0 N–H and O–H groups in total. The first-order chi connectivity index (χ1) is 18.3. The fraction of sp³-hybridized carbons (Fsp3) is 0. The summed E-state index contributed by atoms with van der Waals surface area (Å²) in [5.41, 5.74) is 9.40. The molecule has 6 nitrogen and oxygen atoms in total. The van der Waals surface area contributed by atoms with Gasteiger partial charge in [0.15, 0.2) is 0 Å². The molecule has 174 valence electrons. The second-order valence-electron chi connectivity index (χ2n) is 9.02. The Morgan fingerprint density at radius 2 is 1.46 bits per heavy atom. The van der Waals surface area contributed by atoms with Gasteiger partial charge in [-0.25, -0.2) is 9.38 Å². The Hall–Kier alpha value is -5.23. The highest BCUT2D eigenvalue weighted by molar-refractivity contribution is 6.05. The molecule has 5 aromatic heterocycles. The molecular weight excluding hydrogens is 458 g/mol. The predicted molar refractivity (Wildman–Crippen MR) is 146 cm³/mol. The van der Waals surface area contributed by atoms with Gasteiger partial charge in [-0.2, -0.15) is 0 Å². The second-order valence-corrected chi connectivity index (χ2v) is 9.02. The van der Waals surface area contributed by atoms with Gasteiger partial charge in [0.05, 0.1) is 22.4 Å². The van der Waals surface area contributed by atoms with Gasteiger partial charge in [0.1, 0.15) is 11.1 Å². The summed E-state index contributed by atoms with van der Waals surface area (Å²) in [6.07, 6.45) is 3.69. The highest BCUT2D eigenvalue weighted by Crippen LogP contribution is 2.35. The predicted octanol–water partition coefficient (Wildman–Crippen LogP) is 7.30. The zero-order valence-electron chi connectivity index (χ0n) is 19.6. The number of aromatic nitrogens is 5. The summed E-state index contributed by atoms with van der Waals surface area (Å²) < 4.78 is 10.6. The number of rotatable bonds is 3. The molecule has 0 aliphatic heterocycles. The van der Waals surface area contributed by atoms with E-state index < -0.39 is 0 Å². The zero-order valence-corrected chi connectivity index (χ0v) is 19.6. The summed E-state index contributed by atoms with van der Waals surface area (Å²) in [7, 11) is 0. The van der Waals surface area contributed by atoms with Crippen molar-refractivity contribution in [3.05, 3.63) is 116 Å². The third-order valence-electron chi connectivity index (χ3n) is 6.86. The fourth-order valence-corrected chi connectivity index (χ4v) is 5.13. The number of benzene rings is 3. The van der Waals surface area contributed by atoms with E-state index >= 15 is 0 Å². The average molecular weight is 478 g/mol. The van der Waals surface area contributed by atoms with E-state index in [1.54, 1.807) is 6.20 Å². The lowest BCUT2D eigenvalue weighted by atomic mass is 10.1. The molecule has 5 heterocycles. The van der Waals surface area contributed by atoms with Gasteiger partial charge in [0.25, 0.3) is 0 Å². The highest BCUT2D eigenvalue weighted by Gasteiger charge is 2.21. The monoisotopic (exact) mass is 477 g/mol. The van der Waals surface area contributed by atoms with Crippen molar-refractivity contribution < 1.29 is 4.42 Å². The average Bonchev–Trinajstić information content (AvgIpc) is 3.60. The molecule has 0 saturated heterocycles. The van der Waals surface area contributed by atoms with Crippen molar-refractivity contribution in [2.75, 3.05) is 0 Å². The van der Waals surface area contributed by atoms with Gasteiger partial charge in [0.2, 0.25) is 11.5 Å². The normalized spacial score (nSPS) is 11.8. The Morgan fingerprint density at radius 1 is 0.649 bits per heavy atom. The van der Waals surface area contributed by atoms with Gasteiger partial charge >= 0.3 is 0 Å². The van der Waals surface area contributed by atoms with Gasteiger partial charge in [-0.3, -0.25) is 14.5 Å². The number of hydrogen-bond donors (Lipinski definition) is 0. The third-order valence-corrected chi connectivity index (χ3v) is 6.86. The summed E-state index contributed by atoms with van der Waals surface area (Å²) in [5.74, 6) is 0.821. The van der Waals surface area contributed by atoms with Crippen LogP contribution in [0.25, 0.3) is 67.2 Å². The lowest BCUT2D eigenvalue weighted by Crippen LogP contribution is -1.95. The number of para-hydroxylation sites is 2. The summed E-state index contributed by atoms with van der Waals surface area (Å²) in [4.78, 5) is 14.2. The third kappa shape index (κ3) is 2.96. The molecule has 8 rings (SSSR count).